The van der Waals surface area contributed by atoms with E-state index in [0.29, 0.717) is 38.5 Å². The molecule has 0 bridgehead atoms. The van der Waals surface area contributed by atoms with Crippen LogP contribution in [0.4, 0.5) is 29.3 Å². The highest BCUT2D eigenvalue weighted by Crippen LogP contribution is 2.35. The van der Waals surface area contributed by atoms with Crippen LogP contribution in [0.3, 0.4) is 0 Å². The Hall–Kier alpha value is -3.91. The van der Waals surface area contributed by atoms with E-state index in [2.05, 4.69) is 15.9 Å². The molecule has 0 saturated carbocycles. The number of hydrogen-bond acceptors (Lipinski definition) is 7. The van der Waals surface area contributed by atoms with Crippen molar-refractivity contribution in [3.63, 3.8) is 0 Å². The topological polar surface area (TPSA) is 123 Å². The summed E-state index contributed by atoms with van der Waals surface area (Å²) in [6, 6.07) is 8.57. The van der Waals surface area contributed by atoms with Crippen molar-refractivity contribution in [3.8, 4) is 11.3 Å². The maximum Gasteiger partial charge on any atom is 0.294 e. The minimum atomic E-state index is -1.78. The summed E-state index contributed by atoms with van der Waals surface area (Å²) in [4.78, 5) is 48.0. The Morgan fingerprint density at radius 3 is 2.58 bits per heavy atom. The molecular formula is C22H11BrF3N3O6S. The number of anilines is 1. The summed E-state index contributed by atoms with van der Waals surface area (Å²) >= 11 is 3.78. The first kappa shape index (κ1) is 25.2. The second-order valence-electron chi connectivity index (χ2n) is 7.16. The number of nitrogens with one attached hydrogen (secondary N) is 1. The predicted molar refractivity (Wildman–Crippen MR) is 126 cm³/mol. The molecular weight excluding hydrogens is 571 g/mol. The second kappa shape index (κ2) is 9.99. The number of carbonyl (C=O) groups is 3. The molecule has 0 atom stereocenters. The number of non-ortho nitro benzene ring substituents is 1. The van der Waals surface area contributed by atoms with Gasteiger partial charge in [0, 0.05) is 28.2 Å². The van der Waals surface area contributed by atoms with Crippen molar-refractivity contribution in [2.75, 3.05) is 11.9 Å². The Bertz CT molecular complexity index is 1480. The fourth-order valence-corrected chi connectivity index (χ4v) is 4.49. The normalized spacial score (nSPS) is 14.6. The molecule has 9 nitrogen and oxygen atoms in total. The Balaban J connectivity index is 1.47. The summed E-state index contributed by atoms with van der Waals surface area (Å²) in [5.41, 5.74) is -0.265. The zero-order valence-electron chi connectivity index (χ0n) is 17.6. The van der Waals surface area contributed by atoms with Crippen LogP contribution in [0.1, 0.15) is 5.76 Å². The highest BCUT2D eigenvalue weighted by molar-refractivity contribution is 9.10. The Morgan fingerprint density at radius 1 is 1.14 bits per heavy atom. The van der Waals surface area contributed by atoms with E-state index in [1.165, 1.54) is 30.3 Å². The van der Waals surface area contributed by atoms with Gasteiger partial charge in [-0.3, -0.25) is 29.4 Å². The first-order chi connectivity index (χ1) is 17.0. The zero-order chi connectivity index (χ0) is 26.1. The monoisotopic (exact) mass is 581 g/mol. The lowest BCUT2D eigenvalue weighted by atomic mass is 10.1. The fourth-order valence-electron chi connectivity index (χ4n) is 3.11. The summed E-state index contributed by atoms with van der Waals surface area (Å²) < 4.78 is 46.2. The summed E-state index contributed by atoms with van der Waals surface area (Å²) in [7, 11) is 0. The molecule has 1 saturated heterocycles. The highest BCUT2D eigenvalue weighted by atomic mass is 79.9. The molecule has 1 fully saturated rings. The standard InChI is InChI=1S/C22H11BrF3N3O6S/c23-13-7-10(29(33)34)1-3-12(13)16-6-2-11(35-16)8-17-21(31)28(22(32)36-17)9-18(30)27-15-5-4-14(24)19(25)20(15)26/h1-8H,9H2,(H,27,30)/b17-8+. The zero-order valence-corrected chi connectivity index (χ0v) is 20.0. The minimum Gasteiger partial charge on any atom is -0.457 e. The number of imide groups is 1. The summed E-state index contributed by atoms with van der Waals surface area (Å²) in [5, 5.41) is 12.1. The van der Waals surface area contributed by atoms with Crippen molar-refractivity contribution >= 4 is 62.2 Å². The van der Waals surface area contributed by atoms with Gasteiger partial charge in [-0.1, -0.05) is 0 Å². The maximum absolute atomic E-state index is 13.8. The molecule has 0 radical (unpaired) electrons. The average Bonchev–Trinajstić information content (AvgIpc) is 3.39. The number of hydrogen-bond donors (Lipinski definition) is 1. The van der Waals surface area contributed by atoms with Crippen LogP contribution in [0.15, 0.2) is 56.3 Å². The van der Waals surface area contributed by atoms with Gasteiger partial charge < -0.3 is 9.73 Å². The third-order valence-electron chi connectivity index (χ3n) is 4.81. The number of nitro benzene ring substituents is 1. The van der Waals surface area contributed by atoms with Crippen molar-refractivity contribution in [3.05, 3.63) is 85.2 Å². The molecule has 184 valence electrons. The van der Waals surface area contributed by atoms with E-state index < -0.39 is 51.7 Å². The van der Waals surface area contributed by atoms with Crippen molar-refractivity contribution in [1.29, 1.82) is 0 Å². The summed E-state index contributed by atoms with van der Waals surface area (Å²) in [6.45, 7) is -0.792. The van der Waals surface area contributed by atoms with Crippen molar-refractivity contribution < 1.29 is 36.9 Å². The van der Waals surface area contributed by atoms with Gasteiger partial charge >= 0.3 is 0 Å². The number of halogens is 4. The largest absolute Gasteiger partial charge is 0.457 e. The number of thioether (sulfide) groups is 1. The average molecular weight is 582 g/mol. The Morgan fingerprint density at radius 2 is 1.89 bits per heavy atom. The first-order valence-corrected chi connectivity index (χ1v) is 11.4. The molecule has 0 aliphatic carbocycles. The number of nitrogens with zero attached hydrogens (tertiary/aromatic N) is 2. The van der Waals surface area contributed by atoms with Gasteiger partial charge in [-0.15, -0.1) is 0 Å². The third kappa shape index (κ3) is 5.04. The van der Waals surface area contributed by atoms with Gasteiger partial charge in [0.2, 0.25) is 5.91 Å². The van der Waals surface area contributed by atoms with E-state index in [-0.39, 0.29) is 16.4 Å². The van der Waals surface area contributed by atoms with E-state index in [1.54, 1.807) is 6.07 Å². The van der Waals surface area contributed by atoms with Crippen LogP contribution in [-0.2, 0) is 9.59 Å². The van der Waals surface area contributed by atoms with Crippen LogP contribution in [0.25, 0.3) is 17.4 Å². The van der Waals surface area contributed by atoms with Gasteiger partial charge in [-0.25, -0.2) is 13.2 Å². The number of furan rings is 1. The Labute approximate surface area is 212 Å². The molecule has 3 amide bonds. The first-order valence-electron chi connectivity index (χ1n) is 9.78. The van der Waals surface area contributed by atoms with E-state index >= 15 is 0 Å². The van der Waals surface area contributed by atoms with Gasteiger partial charge in [-0.2, -0.15) is 0 Å². The number of benzene rings is 2. The van der Waals surface area contributed by atoms with Crippen molar-refractivity contribution in [2.45, 2.75) is 0 Å². The molecule has 0 spiro atoms. The van der Waals surface area contributed by atoms with Gasteiger partial charge in [0.1, 0.15) is 18.1 Å². The third-order valence-corrected chi connectivity index (χ3v) is 6.38. The number of rotatable bonds is 6. The fraction of sp³-hybridized carbons (Fsp3) is 0.0455. The van der Waals surface area contributed by atoms with Crippen LogP contribution in [-0.4, -0.2) is 33.4 Å². The quantitative estimate of drug-likeness (QED) is 0.171. The molecule has 2 aromatic carbocycles. The lowest BCUT2D eigenvalue weighted by molar-refractivity contribution is -0.384. The Kier molecular flexibility index (Phi) is 6.99. The SMILES string of the molecule is O=C(CN1C(=O)S/C(=C/c2ccc(-c3ccc([N+](=O)[O-])cc3Br)o2)C1=O)Nc1ccc(F)c(F)c1F. The van der Waals surface area contributed by atoms with Crippen LogP contribution < -0.4 is 5.32 Å². The molecule has 14 heteroatoms. The van der Waals surface area contributed by atoms with Crippen LogP contribution >= 0.6 is 27.7 Å². The number of nitro groups is 1. The van der Waals surface area contributed by atoms with E-state index in [9.17, 15) is 37.7 Å². The highest BCUT2D eigenvalue weighted by Gasteiger charge is 2.36. The predicted octanol–water partition coefficient (Wildman–Crippen LogP) is 5.71. The maximum atomic E-state index is 13.8. The smallest absolute Gasteiger partial charge is 0.294 e. The van der Waals surface area contributed by atoms with E-state index in [4.69, 9.17) is 4.42 Å². The molecule has 1 aliphatic heterocycles. The van der Waals surface area contributed by atoms with Gasteiger partial charge in [0.15, 0.2) is 17.5 Å². The van der Waals surface area contributed by atoms with E-state index in [1.807, 2.05) is 5.32 Å². The molecule has 4 rings (SSSR count). The minimum absolute atomic E-state index is 0.0597. The molecule has 1 N–H and O–H groups in total. The van der Waals surface area contributed by atoms with Gasteiger partial charge in [-0.05, 0) is 58.0 Å². The summed E-state index contributed by atoms with van der Waals surface area (Å²) in [5.74, 6) is -6.15. The molecule has 3 aromatic rings. The lowest BCUT2D eigenvalue weighted by Crippen LogP contribution is -2.36. The number of carbonyl (C=O) groups excluding carboxylic acids is 3. The molecule has 36 heavy (non-hydrogen) atoms. The molecule has 1 aliphatic rings. The molecule has 0 unspecified atom stereocenters. The molecule has 1 aromatic heterocycles. The number of amides is 3. The van der Waals surface area contributed by atoms with Crippen LogP contribution in [0.2, 0.25) is 0 Å². The van der Waals surface area contributed by atoms with Gasteiger partial charge in [0.05, 0.1) is 15.5 Å². The van der Waals surface area contributed by atoms with Crippen LogP contribution in [0, 0.1) is 27.6 Å². The lowest BCUT2D eigenvalue weighted by Gasteiger charge is -2.13. The van der Waals surface area contributed by atoms with Gasteiger partial charge in [0.25, 0.3) is 16.8 Å². The van der Waals surface area contributed by atoms with E-state index in [0.717, 1.165) is 6.07 Å². The molecule has 2 heterocycles. The second-order valence-corrected chi connectivity index (χ2v) is 9.01. The van der Waals surface area contributed by atoms with Crippen molar-refractivity contribution in [1.82, 2.24) is 4.90 Å². The van der Waals surface area contributed by atoms with Crippen molar-refractivity contribution in [2.24, 2.45) is 0 Å². The summed E-state index contributed by atoms with van der Waals surface area (Å²) in [6.07, 6.45) is 1.28. The van der Waals surface area contributed by atoms with Crippen LogP contribution in [0.5, 0.6) is 0 Å².